The van der Waals surface area contributed by atoms with E-state index in [9.17, 15) is 13.2 Å². The lowest BCUT2D eigenvalue weighted by atomic mass is 10.2. The number of anilines is 2. The molecule has 0 fully saturated rings. The van der Waals surface area contributed by atoms with Crippen LogP contribution in [0.4, 0.5) is 11.4 Å². The number of sulfonamides is 1. The Labute approximate surface area is 164 Å². The Balaban J connectivity index is 1.75. The lowest BCUT2D eigenvalue weighted by Gasteiger charge is -2.13. The number of rotatable bonds is 5. The van der Waals surface area contributed by atoms with Crippen molar-refractivity contribution in [2.75, 3.05) is 30.1 Å². The fourth-order valence-electron chi connectivity index (χ4n) is 2.62. The number of benzene rings is 2. The van der Waals surface area contributed by atoms with E-state index in [1.165, 1.54) is 6.07 Å². The van der Waals surface area contributed by atoms with Gasteiger partial charge in [0.15, 0.2) is 0 Å². The third kappa shape index (κ3) is 4.63. The predicted octanol–water partition coefficient (Wildman–Crippen LogP) is 2.91. The average Bonchev–Trinajstić information content (AvgIpc) is 2.78. The summed E-state index contributed by atoms with van der Waals surface area (Å²) in [5.41, 5.74) is 2.47. The van der Waals surface area contributed by atoms with Gasteiger partial charge in [0.05, 0.1) is 10.6 Å². The second-order valence-corrected chi connectivity index (χ2v) is 9.57. The molecule has 3 rings (SSSR count). The molecule has 0 bridgehead atoms. The first kappa shape index (κ1) is 19.7. The molecule has 0 saturated carbocycles. The van der Waals surface area contributed by atoms with Crippen LogP contribution in [-0.4, -0.2) is 34.2 Å². The highest BCUT2D eigenvalue weighted by Crippen LogP contribution is 2.34. The van der Waals surface area contributed by atoms with Crippen molar-refractivity contribution in [3.8, 4) is 0 Å². The van der Waals surface area contributed by atoms with E-state index in [0.29, 0.717) is 11.4 Å². The molecule has 1 heterocycles. The molecule has 1 aliphatic rings. The Morgan fingerprint density at radius 2 is 1.89 bits per heavy atom. The molecule has 6 nitrogen and oxygen atoms in total. The number of amides is 1. The van der Waals surface area contributed by atoms with Crippen molar-refractivity contribution in [1.82, 2.24) is 4.72 Å². The van der Waals surface area contributed by atoms with Crippen LogP contribution in [0.1, 0.15) is 12.5 Å². The molecule has 1 unspecified atom stereocenters. The number of hydrogen-bond acceptors (Lipinski definition) is 5. The van der Waals surface area contributed by atoms with Gasteiger partial charge >= 0.3 is 0 Å². The van der Waals surface area contributed by atoms with E-state index in [0.717, 1.165) is 16.1 Å². The van der Waals surface area contributed by atoms with E-state index in [1.54, 1.807) is 23.9 Å². The molecule has 27 heavy (non-hydrogen) atoms. The first-order chi connectivity index (χ1) is 12.8. The average molecular weight is 406 g/mol. The van der Waals surface area contributed by atoms with Gasteiger partial charge in [-0.1, -0.05) is 19.1 Å². The maximum atomic E-state index is 12.7. The van der Waals surface area contributed by atoms with Crippen LogP contribution in [0.3, 0.4) is 0 Å². The standard InChI is InChI=1S/C19H23N3O3S2/c1-13-12-26-18-9-8-16(10-17(18)21-19(13)23)27(24,25)20-11-14-4-6-15(7-5-14)22(2)3/h4-10,13,20H,11-12H2,1-3H3,(H,21,23). The van der Waals surface area contributed by atoms with Crippen LogP contribution in [0.15, 0.2) is 52.3 Å². The number of hydrogen-bond donors (Lipinski definition) is 2. The van der Waals surface area contributed by atoms with Crippen LogP contribution >= 0.6 is 11.8 Å². The summed E-state index contributed by atoms with van der Waals surface area (Å²) in [6.45, 7) is 2.06. The van der Waals surface area contributed by atoms with Crippen molar-refractivity contribution in [2.24, 2.45) is 5.92 Å². The molecule has 2 aromatic carbocycles. The summed E-state index contributed by atoms with van der Waals surface area (Å²) in [7, 11) is 0.222. The summed E-state index contributed by atoms with van der Waals surface area (Å²) >= 11 is 1.55. The van der Waals surface area contributed by atoms with Crippen molar-refractivity contribution in [2.45, 2.75) is 23.3 Å². The Kier molecular flexibility index (Phi) is 5.78. The molecule has 1 amide bonds. The molecule has 0 aromatic heterocycles. The summed E-state index contributed by atoms with van der Waals surface area (Å²) in [5, 5.41) is 2.82. The van der Waals surface area contributed by atoms with Gasteiger partial charge in [0, 0.05) is 42.9 Å². The summed E-state index contributed by atoms with van der Waals surface area (Å²) in [6.07, 6.45) is 0. The predicted molar refractivity (Wildman–Crippen MR) is 110 cm³/mol. The van der Waals surface area contributed by atoms with Crippen LogP contribution in [0.2, 0.25) is 0 Å². The van der Waals surface area contributed by atoms with E-state index in [4.69, 9.17) is 0 Å². The molecular weight excluding hydrogens is 382 g/mol. The maximum absolute atomic E-state index is 12.7. The van der Waals surface area contributed by atoms with E-state index in [1.807, 2.05) is 50.2 Å². The van der Waals surface area contributed by atoms with Crippen LogP contribution in [0.25, 0.3) is 0 Å². The number of carbonyl (C=O) groups is 1. The van der Waals surface area contributed by atoms with Gasteiger partial charge in [-0.05, 0) is 35.9 Å². The number of fused-ring (bicyclic) bond motifs is 1. The largest absolute Gasteiger partial charge is 0.378 e. The molecule has 0 aliphatic carbocycles. The minimum absolute atomic E-state index is 0.0928. The minimum Gasteiger partial charge on any atom is -0.378 e. The van der Waals surface area contributed by atoms with Crippen LogP contribution in [0.5, 0.6) is 0 Å². The molecule has 144 valence electrons. The zero-order chi connectivity index (χ0) is 19.6. The highest BCUT2D eigenvalue weighted by atomic mass is 32.2. The van der Waals surface area contributed by atoms with Crippen molar-refractivity contribution < 1.29 is 13.2 Å². The summed E-state index contributed by atoms with van der Waals surface area (Å²) in [6, 6.07) is 12.5. The fraction of sp³-hybridized carbons (Fsp3) is 0.316. The quantitative estimate of drug-likeness (QED) is 0.800. The van der Waals surface area contributed by atoms with Crippen LogP contribution < -0.4 is 14.9 Å². The molecule has 2 N–H and O–H groups in total. The monoisotopic (exact) mass is 405 g/mol. The number of thioether (sulfide) groups is 1. The topological polar surface area (TPSA) is 78.5 Å². The fourth-order valence-corrected chi connectivity index (χ4v) is 4.67. The third-order valence-electron chi connectivity index (χ3n) is 4.37. The Hall–Kier alpha value is -2.03. The molecule has 1 atom stereocenters. The number of nitrogens with zero attached hydrogens (tertiary/aromatic N) is 1. The Morgan fingerprint density at radius 3 is 2.56 bits per heavy atom. The van der Waals surface area contributed by atoms with Gasteiger partial charge in [-0.2, -0.15) is 0 Å². The van der Waals surface area contributed by atoms with Crippen LogP contribution in [-0.2, 0) is 21.4 Å². The smallest absolute Gasteiger partial charge is 0.240 e. The Morgan fingerprint density at radius 1 is 1.19 bits per heavy atom. The molecule has 1 aliphatic heterocycles. The minimum atomic E-state index is -3.68. The highest BCUT2D eigenvalue weighted by molar-refractivity contribution is 7.99. The van der Waals surface area contributed by atoms with E-state index >= 15 is 0 Å². The van der Waals surface area contributed by atoms with Crippen molar-refractivity contribution in [3.63, 3.8) is 0 Å². The number of carbonyl (C=O) groups excluding carboxylic acids is 1. The molecule has 0 spiro atoms. The lowest BCUT2D eigenvalue weighted by molar-refractivity contribution is -0.118. The summed E-state index contributed by atoms with van der Waals surface area (Å²) in [4.78, 5) is 15.0. The molecule has 8 heteroatoms. The van der Waals surface area contributed by atoms with Gasteiger partial charge in [0.25, 0.3) is 0 Å². The lowest BCUT2D eigenvalue weighted by Crippen LogP contribution is -2.24. The number of nitrogens with one attached hydrogen (secondary N) is 2. The van der Waals surface area contributed by atoms with Gasteiger partial charge in [-0.15, -0.1) is 11.8 Å². The van der Waals surface area contributed by atoms with Gasteiger partial charge in [0.1, 0.15) is 0 Å². The van der Waals surface area contributed by atoms with Gasteiger partial charge in [-0.3, -0.25) is 4.79 Å². The van der Waals surface area contributed by atoms with Crippen molar-refractivity contribution in [3.05, 3.63) is 48.0 Å². The second-order valence-electron chi connectivity index (χ2n) is 6.74. The Bertz CT molecular complexity index is 941. The van der Waals surface area contributed by atoms with Crippen molar-refractivity contribution >= 4 is 39.1 Å². The van der Waals surface area contributed by atoms with E-state index in [2.05, 4.69) is 10.0 Å². The normalized spacial score (nSPS) is 17.0. The first-order valence-corrected chi connectivity index (χ1v) is 11.1. The highest BCUT2D eigenvalue weighted by Gasteiger charge is 2.22. The third-order valence-corrected chi connectivity index (χ3v) is 7.11. The summed E-state index contributed by atoms with van der Waals surface area (Å²) < 4.78 is 27.9. The van der Waals surface area contributed by atoms with Gasteiger partial charge in [-0.25, -0.2) is 13.1 Å². The van der Waals surface area contributed by atoms with E-state index in [-0.39, 0.29) is 23.3 Å². The molecule has 2 aromatic rings. The van der Waals surface area contributed by atoms with Crippen LogP contribution in [0, 0.1) is 5.92 Å². The zero-order valence-corrected chi connectivity index (χ0v) is 17.2. The summed E-state index contributed by atoms with van der Waals surface area (Å²) in [5.74, 6) is 0.460. The maximum Gasteiger partial charge on any atom is 0.240 e. The van der Waals surface area contributed by atoms with Gasteiger partial charge in [0.2, 0.25) is 15.9 Å². The van der Waals surface area contributed by atoms with E-state index < -0.39 is 10.0 Å². The zero-order valence-electron chi connectivity index (χ0n) is 15.5. The SMILES string of the molecule is CC1CSc2ccc(S(=O)(=O)NCc3ccc(N(C)C)cc3)cc2NC1=O. The second kappa shape index (κ2) is 7.92. The van der Waals surface area contributed by atoms with Crippen molar-refractivity contribution in [1.29, 1.82) is 0 Å². The first-order valence-electron chi connectivity index (χ1n) is 8.60. The molecular formula is C19H23N3O3S2. The van der Waals surface area contributed by atoms with Gasteiger partial charge < -0.3 is 10.2 Å². The molecule has 0 radical (unpaired) electrons. The molecule has 0 saturated heterocycles.